The minimum Gasteiger partial charge on any atom is -0.434 e. The van der Waals surface area contributed by atoms with Gasteiger partial charge in [0.15, 0.2) is 11.6 Å². The van der Waals surface area contributed by atoms with Crippen LogP contribution in [0.5, 0.6) is 11.6 Å². The van der Waals surface area contributed by atoms with E-state index in [-0.39, 0.29) is 17.5 Å². The highest BCUT2D eigenvalue weighted by Gasteiger charge is 2.06. The zero-order chi connectivity index (χ0) is 12.3. The smallest absolute Gasteiger partial charge is 0.239 e. The molecule has 0 bridgehead atoms. The van der Waals surface area contributed by atoms with Gasteiger partial charge in [0.25, 0.3) is 0 Å². The van der Waals surface area contributed by atoms with Crippen LogP contribution in [-0.2, 0) is 5.88 Å². The highest BCUT2D eigenvalue weighted by Crippen LogP contribution is 2.26. The van der Waals surface area contributed by atoms with Gasteiger partial charge in [-0.15, -0.1) is 16.7 Å². The average Bonchev–Trinajstić information content (AvgIpc) is 2.35. The van der Waals surface area contributed by atoms with Gasteiger partial charge >= 0.3 is 0 Å². The summed E-state index contributed by atoms with van der Waals surface area (Å²) in [4.78, 5) is 0. The Hall–Kier alpha value is -1.20. The molecule has 0 saturated carbocycles. The van der Waals surface area contributed by atoms with E-state index >= 15 is 0 Å². The van der Waals surface area contributed by atoms with Gasteiger partial charge in [0.1, 0.15) is 0 Å². The van der Waals surface area contributed by atoms with Crippen LogP contribution in [-0.4, -0.2) is 10.2 Å². The number of alkyl halides is 1. The van der Waals surface area contributed by atoms with Crippen molar-refractivity contribution in [2.45, 2.75) is 5.88 Å². The van der Waals surface area contributed by atoms with Crippen molar-refractivity contribution in [3.63, 3.8) is 0 Å². The molecule has 2 aromatic rings. The van der Waals surface area contributed by atoms with Crippen LogP contribution in [0.3, 0.4) is 0 Å². The molecule has 17 heavy (non-hydrogen) atoms. The van der Waals surface area contributed by atoms with Crippen LogP contribution < -0.4 is 4.74 Å². The molecule has 0 aliphatic carbocycles. The molecule has 1 aromatic heterocycles. The van der Waals surface area contributed by atoms with Crippen molar-refractivity contribution in [3.8, 4) is 11.6 Å². The van der Waals surface area contributed by atoms with Crippen molar-refractivity contribution >= 4 is 27.5 Å². The van der Waals surface area contributed by atoms with Crippen molar-refractivity contribution in [1.29, 1.82) is 0 Å². The first-order chi connectivity index (χ1) is 8.19. The summed E-state index contributed by atoms with van der Waals surface area (Å²) < 4.78 is 19.4. The number of hydrogen-bond acceptors (Lipinski definition) is 3. The maximum atomic E-state index is 13.4. The van der Waals surface area contributed by atoms with Gasteiger partial charge < -0.3 is 4.74 Å². The Bertz CT molecular complexity index is 521. The fraction of sp³-hybridized carbons (Fsp3) is 0.0909. The Morgan fingerprint density at radius 3 is 2.71 bits per heavy atom. The predicted octanol–water partition coefficient (Wildman–Crippen LogP) is 3.91. The Labute approximate surface area is 111 Å². The molecular weight excluding hydrogens is 310 g/mol. The minimum absolute atomic E-state index is 0.0901. The van der Waals surface area contributed by atoms with Gasteiger partial charge in [0.05, 0.1) is 11.6 Å². The van der Waals surface area contributed by atoms with E-state index in [1.165, 1.54) is 12.1 Å². The maximum absolute atomic E-state index is 13.4. The van der Waals surface area contributed by atoms with Crippen molar-refractivity contribution in [2.75, 3.05) is 0 Å². The van der Waals surface area contributed by atoms with Gasteiger partial charge in [-0.2, -0.15) is 5.10 Å². The second kappa shape index (κ2) is 5.42. The molecule has 2 rings (SSSR count). The molecule has 6 heteroatoms. The number of nitrogens with zero attached hydrogens (tertiary/aromatic N) is 2. The molecule has 0 N–H and O–H groups in total. The van der Waals surface area contributed by atoms with Crippen LogP contribution in [0.15, 0.2) is 34.8 Å². The Kier molecular flexibility index (Phi) is 3.91. The topological polar surface area (TPSA) is 35.0 Å². The molecule has 0 aliphatic rings. The first-order valence-corrected chi connectivity index (χ1v) is 6.03. The molecule has 1 aromatic carbocycles. The Morgan fingerprint density at radius 1 is 1.24 bits per heavy atom. The van der Waals surface area contributed by atoms with Crippen LogP contribution in [0.2, 0.25) is 0 Å². The van der Waals surface area contributed by atoms with Crippen molar-refractivity contribution in [3.05, 3.63) is 46.3 Å². The first kappa shape index (κ1) is 12.3. The summed E-state index contributed by atoms with van der Waals surface area (Å²) in [5.74, 6) is 0.123. The summed E-state index contributed by atoms with van der Waals surface area (Å²) in [5.41, 5.74) is 0.633. The minimum atomic E-state index is -0.462. The standard InChI is InChI=1S/C11H7BrClFN2O/c12-7-1-3-9(14)10(5-7)17-11-4-2-8(6-13)15-16-11/h1-5H,6H2. The van der Waals surface area contributed by atoms with Crippen molar-refractivity contribution in [2.24, 2.45) is 0 Å². The van der Waals surface area contributed by atoms with E-state index in [9.17, 15) is 4.39 Å². The molecule has 0 fully saturated rings. The summed E-state index contributed by atoms with van der Waals surface area (Å²) in [5, 5.41) is 7.58. The third-order valence-electron chi connectivity index (χ3n) is 1.94. The van der Waals surface area contributed by atoms with Gasteiger partial charge in [-0.1, -0.05) is 15.9 Å². The zero-order valence-corrected chi connectivity index (χ0v) is 10.9. The van der Waals surface area contributed by atoms with E-state index in [2.05, 4.69) is 26.1 Å². The Morgan fingerprint density at radius 2 is 2.06 bits per heavy atom. The highest BCUT2D eigenvalue weighted by molar-refractivity contribution is 9.10. The lowest BCUT2D eigenvalue weighted by Gasteiger charge is -2.05. The number of rotatable bonds is 3. The normalized spacial score (nSPS) is 10.3. The van der Waals surface area contributed by atoms with Crippen LogP contribution in [0.1, 0.15) is 5.69 Å². The number of halogens is 3. The molecular formula is C11H7BrClFN2O. The third kappa shape index (κ3) is 3.14. The van der Waals surface area contributed by atoms with Gasteiger partial charge in [0, 0.05) is 10.5 Å². The number of aromatic nitrogens is 2. The lowest BCUT2D eigenvalue weighted by atomic mass is 10.3. The largest absolute Gasteiger partial charge is 0.434 e. The van der Waals surface area contributed by atoms with Crippen LogP contribution in [0.25, 0.3) is 0 Å². The quantitative estimate of drug-likeness (QED) is 0.805. The van der Waals surface area contributed by atoms with Crippen LogP contribution >= 0.6 is 27.5 Å². The van der Waals surface area contributed by atoms with E-state index in [0.29, 0.717) is 5.69 Å². The van der Waals surface area contributed by atoms with Gasteiger partial charge in [-0.05, 0) is 24.3 Å². The third-order valence-corrected chi connectivity index (χ3v) is 2.71. The van der Waals surface area contributed by atoms with Gasteiger partial charge in [-0.25, -0.2) is 4.39 Å². The molecule has 0 aliphatic heterocycles. The molecule has 0 amide bonds. The molecule has 0 unspecified atom stereocenters. The number of ether oxygens (including phenoxy) is 1. The molecule has 3 nitrogen and oxygen atoms in total. The lowest BCUT2D eigenvalue weighted by Crippen LogP contribution is -1.94. The predicted molar refractivity (Wildman–Crippen MR) is 65.8 cm³/mol. The molecule has 0 saturated heterocycles. The average molecular weight is 318 g/mol. The highest BCUT2D eigenvalue weighted by atomic mass is 79.9. The fourth-order valence-electron chi connectivity index (χ4n) is 1.14. The SMILES string of the molecule is Fc1ccc(Br)cc1Oc1ccc(CCl)nn1. The monoisotopic (exact) mass is 316 g/mol. The zero-order valence-electron chi connectivity index (χ0n) is 8.53. The molecule has 0 spiro atoms. The second-order valence-electron chi connectivity index (χ2n) is 3.17. The molecule has 0 atom stereocenters. The maximum Gasteiger partial charge on any atom is 0.239 e. The molecule has 0 radical (unpaired) electrons. The van der Waals surface area contributed by atoms with Crippen molar-refractivity contribution < 1.29 is 9.13 Å². The lowest BCUT2D eigenvalue weighted by molar-refractivity contribution is 0.421. The fourth-order valence-corrected chi connectivity index (χ4v) is 1.62. The summed E-state index contributed by atoms with van der Waals surface area (Å²) in [6.07, 6.45) is 0. The van der Waals surface area contributed by atoms with Gasteiger partial charge in [-0.3, -0.25) is 0 Å². The van der Waals surface area contributed by atoms with E-state index in [0.717, 1.165) is 4.47 Å². The van der Waals surface area contributed by atoms with E-state index in [1.54, 1.807) is 18.2 Å². The van der Waals surface area contributed by atoms with Crippen LogP contribution in [0, 0.1) is 5.82 Å². The van der Waals surface area contributed by atoms with E-state index in [1.807, 2.05) is 0 Å². The van der Waals surface area contributed by atoms with Gasteiger partial charge in [0.2, 0.25) is 5.88 Å². The molecule has 88 valence electrons. The first-order valence-electron chi connectivity index (χ1n) is 4.70. The number of benzene rings is 1. The Balaban J connectivity index is 2.22. The number of hydrogen-bond donors (Lipinski definition) is 0. The summed E-state index contributed by atoms with van der Waals surface area (Å²) in [6, 6.07) is 7.67. The molecule has 1 heterocycles. The summed E-state index contributed by atoms with van der Waals surface area (Å²) in [7, 11) is 0. The van der Waals surface area contributed by atoms with E-state index in [4.69, 9.17) is 16.3 Å². The van der Waals surface area contributed by atoms with Crippen LogP contribution in [0.4, 0.5) is 4.39 Å². The van der Waals surface area contributed by atoms with E-state index < -0.39 is 5.82 Å². The summed E-state index contributed by atoms with van der Waals surface area (Å²) in [6.45, 7) is 0. The summed E-state index contributed by atoms with van der Waals surface area (Å²) >= 11 is 8.81. The van der Waals surface area contributed by atoms with Crippen molar-refractivity contribution in [1.82, 2.24) is 10.2 Å². The second-order valence-corrected chi connectivity index (χ2v) is 4.36.